The molecular formula is C19H22N2O3. The van der Waals surface area contributed by atoms with Crippen molar-refractivity contribution in [1.29, 1.82) is 0 Å². The molecule has 2 amide bonds. The molecule has 3 rings (SSSR count). The molecule has 1 aliphatic rings. The van der Waals surface area contributed by atoms with Crippen molar-refractivity contribution in [2.75, 3.05) is 13.2 Å². The Bertz CT molecular complexity index is 675. The fraction of sp³-hybridized carbons (Fsp3) is 0.316. The molecule has 126 valence electrons. The molecule has 0 saturated carbocycles. The summed E-state index contributed by atoms with van der Waals surface area (Å²) >= 11 is 0. The highest BCUT2D eigenvalue weighted by Gasteiger charge is 2.22. The number of carbonyl (C=O) groups is 1. The highest BCUT2D eigenvalue weighted by molar-refractivity contribution is 5.75. The number of ether oxygens (including phenoxy) is 1. The van der Waals surface area contributed by atoms with Crippen LogP contribution in [0.2, 0.25) is 0 Å². The first-order valence-electron chi connectivity index (χ1n) is 8.20. The van der Waals surface area contributed by atoms with Gasteiger partial charge in [0.1, 0.15) is 12.4 Å². The average molecular weight is 326 g/mol. The van der Waals surface area contributed by atoms with Gasteiger partial charge in [-0.3, -0.25) is 0 Å². The normalized spacial score (nSPS) is 17.3. The van der Waals surface area contributed by atoms with Crippen LogP contribution in [0.25, 0.3) is 0 Å². The van der Waals surface area contributed by atoms with Crippen molar-refractivity contribution in [2.24, 2.45) is 0 Å². The zero-order valence-electron chi connectivity index (χ0n) is 13.4. The summed E-state index contributed by atoms with van der Waals surface area (Å²) in [6.07, 6.45) is 1.22. The van der Waals surface area contributed by atoms with Gasteiger partial charge in [0.05, 0.1) is 12.1 Å². The second kappa shape index (κ2) is 7.84. The van der Waals surface area contributed by atoms with Gasteiger partial charge in [0, 0.05) is 6.61 Å². The summed E-state index contributed by atoms with van der Waals surface area (Å²) in [4.78, 5) is 12.3. The van der Waals surface area contributed by atoms with E-state index in [1.165, 1.54) is 0 Å². The Morgan fingerprint density at radius 3 is 2.71 bits per heavy atom. The second-order valence-electron chi connectivity index (χ2n) is 5.91. The summed E-state index contributed by atoms with van der Waals surface area (Å²) in [5.41, 5.74) is 2.08. The number of fused-ring (bicyclic) bond motifs is 1. The molecule has 0 bridgehead atoms. The van der Waals surface area contributed by atoms with E-state index in [0.29, 0.717) is 13.0 Å². The van der Waals surface area contributed by atoms with Gasteiger partial charge < -0.3 is 20.5 Å². The summed E-state index contributed by atoms with van der Waals surface area (Å²) in [5, 5.41) is 15.2. The van der Waals surface area contributed by atoms with Crippen molar-refractivity contribution in [2.45, 2.75) is 24.9 Å². The Kier molecular flexibility index (Phi) is 5.33. The minimum absolute atomic E-state index is 0.0136. The summed E-state index contributed by atoms with van der Waals surface area (Å²) < 4.78 is 5.69. The fourth-order valence-corrected chi connectivity index (χ4v) is 2.94. The lowest BCUT2D eigenvalue weighted by Crippen LogP contribution is -2.48. The molecular weight excluding hydrogens is 304 g/mol. The van der Waals surface area contributed by atoms with Crippen molar-refractivity contribution in [3.63, 3.8) is 0 Å². The van der Waals surface area contributed by atoms with Crippen molar-refractivity contribution in [1.82, 2.24) is 10.6 Å². The van der Waals surface area contributed by atoms with Crippen molar-refractivity contribution in [3.05, 3.63) is 65.7 Å². The lowest BCUT2D eigenvalue weighted by molar-refractivity contribution is 0.208. The molecule has 1 aliphatic heterocycles. The number of hydrogen-bond donors (Lipinski definition) is 3. The van der Waals surface area contributed by atoms with Gasteiger partial charge in [-0.1, -0.05) is 48.5 Å². The molecule has 2 aromatic carbocycles. The lowest BCUT2D eigenvalue weighted by atomic mass is 10.0. The third-order valence-electron chi connectivity index (χ3n) is 4.14. The Labute approximate surface area is 141 Å². The number of benzene rings is 2. The molecule has 1 heterocycles. The van der Waals surface area contributed by atoms with Gasteiger partial charge in [-0.2, -0.15) is 0 Å². The summed E-state index contributed by atoms with van der Waals surface area (Å²) in [6.45, 7) is 0.472. The zero-order valence-corrected chi connectivity index (χ0v) is 13.4. The average Bonchev–Trinajstić information content (AvgIpc) is 2.62. The van der Waals surface area contributed by atoms with Gasteiger partial charge >= 0.3 is 6.03 Å². The number of rotatable bonds is 5. The molecule has 0 fully saturated rings. The number of nitrogens with one attached hydrogen (secondary N) is 2. The van der Waals surface area contributed by atoms with Crippen molar-refractivity contribution >= 4 is 6.03 Å². The molecule has 0 radical (unpaired) electrons. The van der Waals surface area contributed by atoms with Gasteiger partial charge in [-0.05, 0) is 30.0 Å². The van der Waals surface area contributed by atoms with E-state index >= 15 is 0 Å². The van der Waals surface area contributed by atoms with Crippen LogP contribution in [-0.4, -0.2) is 30.4 Å². The maximum absolute atomic E-state index is 12.3. The molecule has 5 heteroatoms. The molecule has 0 saturated heterocycles. The minimum atomic E-state index is -0.245. The van der Waals surface area contributed by atoms with Crippen LogP contribution in [0.1, 0.15) is 23.6 Å². The van der Waals surface area contributed by atoms with E-state index in [2.05, 4.69) is 10.6 Å². The summed E-state index contributed by atoms with van der Waals surface area (Å²) in [6, 6.07) is 17.0. The van der Waals surface area contributed by atoms with E-state index in [9.17, 15) is 9.90 Å². The molecule has 1 unspecified atom stereocenters. The van der Waals surface area contributed by atoms with Gasteiger partial charge in [0.15, 0.2) is 0 Å². The summed E-state index contributed by atoms with van der Waals surface area (Å²) in [7, 11) is 0. The highest BCUT2D eigenvalue weighted by Crippen LogP contribution is 2.24. The number of aliphatic hydroxyl groups is 1. The van der Waals surface area contributed by atoms with E-state index in [-0.39, 0.29) is 24.7 Å². The maximum atomic E-state index is 12.3. The van der Waals surface area contributed by atoms with Crippen LogP contribution in [0.3, 0.4) is 0 Å². The van der Waals surface area contributed by atoms with Gasteiger partial charge in [0.2, 0.25) is 0 Å². The third kappa shape index (κ3) is 4.06. The summed E-state index contributed by atoms with van der Waals surface area (Å²) in [5.74, 6) is 0.887. The number of para-hydroxylation sites is 1. The van der Waals surface area contributed by atoms with Crippen LogP contribution in [0, 0.1) is 0 Å². The number of hydrogen-bond acceptors (Lipinski definition) is 3. The molecule has 24 heavy (non-hydrogen) atoms. The van der Waals surface area contributed by atoms with E-state index in [0.717, 1.165) is 23.3 Å². The smallest absolute Gasteiger partial charge is 0.315 e. The van der Waals surface area contributed by atoms with Crippen LogP contribution < -0.4 is 15.4 Å². The lowest BCUT2D eigenvalue weighted by Gasteiger charge is -2.27. The first-order chi connectivity index (χ1) is 11.8. The van der Waals surface area contributed by atoms with E-state index in [4.69, 9.17) is 4.74 Å². The quantitative estimate of drug-likeness (QED) is 0.790. The zero-order chi connectivity index (χ0) is 16.8. The van der Waals surface area contributed by atoms with Crippen molar-refractivity contribution in [3.8, 4) is 5.75 Å². The number of urea groups is 1. The predicted molar refractivity (Wildman–Crippen MR) is 92.0 cm³/mol. The SMILES string of the molecule is O=C(NC1COc2ccccc2C1)N[C@H](CCO)c1ccccc1. The van der Waals surface area contributed by atoms with Crippen LogP contribution in [0.5, 0.6) is 5.75 Å². The molecule has 5 nitrogen and oxygen atoms in total. The topological polar surface area (TPSA) is 70.6 Å². The molecule has 0 spiro atoms. The Morgan fingerprint density at radius 1 is 1.17 bits per heavy atom. The van der Waals surface area contributed by atoms with E-state index < -0.39 is 0 Å². The standard InChI is InChI=1S/C19H22N2O3/c22-11-10-17(14-6-2-1-3-7-14)21-19(23)20-16-12-15-8-4-5-9-18(15)24-13-16/h1-9,16-17,22H,10-13H2,(H2,20,21,23)/t16?,17-/m1/s1. The largest absolute Gasteiger partial charge is 0.491 e. The van der Waals surface area contributed by atoms with Crippen molar-refractivity contribution < 1.29 is 14.6 Å². The maximum Gasteiger partial charge on any atom is 0.315 e. The van der Waals surface area contributed by atoms with Crippen LogP contribution in [0.4, 0.5) is 4.79 Å². The van der Waals surface area contributed by atoms with Gasteiger partial charge in [0.25, 0.3) is 0 Å². The first kappa shape index (κ1) is 16.3. The van der Waals surface area contributed by atoms with Crippen LogP contribution >= 0.6 is 0 Å². The highest BCUT2D eigenvalue weighted by atomic mass is 16.5. The third-order valence-corrected chi connectivity index (χ3v) is 4.14. The van der Waals surface area contributed by atoms with Gasteiger partial charge in [-0.25, -0.2) is 4.79 Å². The molecule has 2 aromatic rings. The molecule has 0 aliphatic carbocycles. The Balaban J connectivity index is 1.58. The number of aliphatic hydroxyl groups excluding tert-OH is 1. The molecule has 3 N–H and O–H groups in total. The molecule has 0 aromatic heterocycles. The Hall–Kier alpha value is -2.53. The van der Waals surface area contributed by atoms with Crippen LogP contribution in [-0.2, 0) is 6.42 Å². The van der Waals surface area contributed by atoms with Crippen LogP contribution in [0.15, 0.2) is 54.6 Å². The van der Waals surface area contributed by atoms with E-state index in [1.54, 1.807) is 0 Å². The van der Waals surface area contributed by atoms with E-state index in [1.807, 2.05) is 54.6 Å². The number of amides is 2. The first-order valence-corrected chi connectivity index (χ1v) is 8.20. The van der Waals surface area contributed by atoms with Gasteiger partial charge in [-0.15, -0.1) is 0 Å². The molecule has 2 atom stereocenters. The minimum Gasteiger partial charge on any atom is -0.491 e. The predicted octanol–water partition coefficient (Wildman–Crippen LogP) is 2.41. The number of carbonyl (C=O) groups excluding carboxylic acids is 1. The monoisotopic (exact) mass is 326 g/mol. The Morgan fingerprint density at radius 2 is 1.92 bits per heavy atom. The second-order valence-corrected chi connectivity index (χ2v) is 5.91. The fourth-order valence-electron chi connectivity index (χ4n) is 2.94.